The minimum absolute atomic E-state index is 0.153. The minimum atomic E-state index is -0.206. The number of rotatable bonds is 7. The summed E-state index contributed by atoms with van der Waals surface area (Å²) in [6.45, 7) is 4.11. The fourth-order valence-electron chi connectivity index (χ4n) is 4.72. The summed E-state index contributed by atoms with van der Waals surface area (Å²) in [5.41, 5.74) is 3.04. The van der Waals surface area contributed by atoms with Crippen LogP contribution in [-0.2, 0) is 0 Å². The van der Waals surface area contributed by atoms with Gasteiger partial charge in [0.05, 0.1) is 18.3 Å². The number of aliphatic hydroxyl groups excluding tert-OH is 1. The summed E-state index contributed by atoms with van der Waals surface area (Å²) in [6, 6.07) is 24.6. The van der Waals surface area contributed by atoms with Crippen molar-refractivity contribution in [2.75, 3.05) is 44.6 Å². The molecular formula is C28H28ClN3O3. The third kappa shape index (κ3) is 5.11. The molecule has 3 aromatic carbocycles. The Morgan fingerprint density at radius 2 is 1.63 bits per heavy atom. The molecule has 1 amide bonds. The van der Waals surface area contributed by atoms with E-state index < -0.39 is 0 Å². The van der Waals surface area contributed by atoms with E-state index in [-0.39, 0.29) is 18.6 Å². The van der Waals surface area contributed by atoms with E-state index in [9.17, 15) is 9.90 Å². The van der Waals surface area contributed by atoms with E-state index in [2.05, 4.69) is 15.1 Å². The summed E-state index contributed by atoms with van der Waals surface area (Å²) in [5, 5.41) is 14.0. The van der Waals surface area contributed by atoms with Crippen LogP contribution in [0.25, 0.3) is 11.0 Å². The molecule has 1 unspecified atom stereocenters. The van der Waals surface area contributed by atoms with Crippen LogP contribution in [0, 0.1) is 0 Å². The van der Waals surface area contributed by atoms with E-state index in [1.165, 1.54) is 0 Å². The number of halogens is 1. The number of fused-ring (bicyclic) bond motifs is 1. The van der Waals surface area contributed by atoms with Gasteiger partial charge in [0.25, 0.3) is 5.91 Å². The lowest BCUT2D eigenvalue weighted by molar-refractivity contribution is 0.0888. The van der Waals surface area contributed by atoms with Gasteiger partial charge in [-0.2, -0.15) is 0 Å². The van der Waals surface area contributed by atoms with Crippen LogP contribution in [-0.4, -0.2) is 60.1 Å². The van der Waals surface area contributed by atoms with Gasteiger partial charge in [0.1, 0.15) is 11.3 Å². The molecule has 4 aromatic rings. The number of nitrogens with zero attached hydrogens (tertiary/aromatic N) is 2. The number of furan rings is 1. The molecule has 1 aliphatic heterocycles. The quantitative estimate of drug-likeness (QED) is 0.381. The molecule has 2 N–H and O–H groups in total. The van der Waals surface area contributed by atoms with Crippen molar-refractivity contribution in [1.82, 2.24) is 9.80 Å². The van der Waals surface area contributed by atoms with Gasteiger partial charge < -0.3 is 14.8 Å². The molecule has 180 valence electrons. The van der Waals surface area contributed by atoms with Crippen molar-refractivity contribution in [1.29, 1.82) is 0 Å². The summed E-state index contributed by atoms with van der Waals surface area (Å²) in [7, 11) is 0. The van der Waals surface area contributed by atoms with Gasteiger partial charge in [-0.3, -0.25) is 14.6 Å². The highest BCUT2D eigenvalue weighted by molar-refractivity contribution is 6.30. The zero-order valence-corrected chi connectivity index (χ0v) is 20.1. The van der Waals surface area contributed by atoms with Crippen molar-refractivity contribution < 1.29 is 14.3 Å². The van der Waals surface area contributed by atoms with Crippen LogP contribution in [0.1, 0.15) is 27.7 Å². The normalized spacial score (nSPS) is 15.8. The zero-order valence-electron chi connectivity index (χ0n) is 19.4. The first-order chi connectivity index (χ1) is 17.1. The number of nitrogens with one attached hydrogen (secondary N) is 1. The molecule has 0 radical (unpaired) electrons. The van der Waals surface area contributed by atoms with Gasteiger partial charge in [-0.05, 0) is 42.0 Å². The second-order valence-corrected chi connectivity index (χ2v) is 9.15. The van der Waals surface area contributed by atoms with Gasteiger partial charge in [-0.15, -0.1) is 0 Å². The Bertz CT molecular complexity index is 1280. The molecule has 2 heterocycles. The van der Waals surface area contributed by atoms with Crippen LogP contribution in [0.15, 0.2) is 83.3 Å². The number of amides is 1. The molecule has 0 bridgehead atoms. The molecule has 7 heteroatoms. The fourth-order valence-corrected chi connectivity index (χ4v) is 4.85. The van der Waals surface area contributed by atoms with E-state index in [4.69, 9.17) is 16.0 Å². The number of piperazine rings is 1. The van der Waals surface area contributed by atoms with Crippen molar-refractivity contribution >= 4 is 34.2 Å². The fraction of sp³-hybridized carbons (Fsp3) is 0.250. The number of carbonyl (C=O) groups is 1. The molecular weight excluding hydrogens is 462 g/mol. The summed E-state index contributed by atoms with van der Waals surface area (Å²) in [5.74, 6) is 0.523. The maximum absolute atomic E-state index is 13.2. The van der Waals surface area contributed by atoms with Gasteiger partial charge in [-0.1, -0.05) is 54.1 Å². The number of hydrogen-bond acceptors (Lipinski definition) is 5. The van der Waals surface area contributed by atoms with Crippen LogP contribution in [0.4, 0.5) is 5.69 Å². The predicted octanol–water partition coefficient (Wildman–Crippen LogP) is 5.04. The maximum atomic E-state index is 13.2. The largest absolute Gasteiger partial charge is 0.457 e. The summed E-state index contributed by atoms with van der Waals surface area (Å²) in [6.07, 6.45) is 0. The monoisotopic (exact) mass is 489 g/mol. The third-order valence-electron chi connectivity index (χ3n) is 6.52. The average molecular weight is 490 g/mol. The Kier molecular flexibility index (Phi) is 7.16. The Hall–Kier alpha value is -3.16. The Morgan fingerprint density at radius 1 is 0.943 bits per heavy atom. The highest BCUT2D eigenvalue weighted by Gasteiger charge is 2.32. The average Bonchev–Trinajstić information content (AvgIpc) is 3.25. The van der Waals surface area contributed by atoms with Gasteiger partial charge in [-0.25, -0.2) is 0 Å². The first-order valence-corrected chi connectivity index (χ1v) is 12.2. The van der Waals surface area contributed by atoms with Crippen LogP contribution in [0.3, 0.4) is 0 Å². The number of aliphatic hydroxyl groups is 1. The number of hydrogen-bond donors (Lipinski definition) is 2. The lowest BCUT2D eigenvalue weighted by Gasteiger charge is -2.38. The number of para-hydroxylation sites is 1. The second kappa shape index (κ2) is 10.6. The van der Waals surface area contributed by atoms with E-state index in [0.717, 1.165) is 42.7 Å². The number of benzene rings is 3. The first kappa shape index (κ1) is 23.6. The smallest absolute Gasteiger partial charge is 0.255 e. The predicted molar refractivity (Wildman–Crippen MR) is 139 cm³/mol. The summed E-state index contributed by atoms with van der Waals surface area (Å²) in [4.78, 5) is 17.8. The van der Waals surface area contributed by atoms with Crippen LogP contribution in [0.2, 0.25) is 5.02 Å². The Balaban J connectivity index is 1.57. The van der Waals surface area contributed by atoms with Crippen LogP contribution in [0.5, 0.6) is 0 Å². The lowest BCUT2D eigenvalue weighted by atomic mass is 9.99. The highest BCUT2D eigenvalue weighted by atomic mass is 35.5. The van der Waals surface area contributed by atoms with Crippen molar-refractivity contribution in [2.24, 2.45) is 0 Å². The molecule has 35 heavy (non-hydrogen) atoms. The molecule has 1 atom stereocenters. The molecule has 0 spiro atoms. The maximum Gasteiger partial charge on any atom is 0.255 e. The standard InChI is InChI=1S/C28H28ClN3O3/c29-22-12-10-20(11-13-22)26(32-16-14-31(15-17-32)18-19-33)27-25(23-8-4-5-9-24(23)35-27)30-28(34)21-6-2-1-3-7-21/h1-13,26,33H,14-19H2,(H,30,34). The first-order valence-electron chi connectivity index (χ1n) is 11.8. The number of β-amino-alcohol motifs (C(OH)–C–C–N with tert-alkyl or cyclic N) is 1. The van der Waals surface area contributed by atoms with Gasteiger partial charge in [0, 0.05) is 48.7 Å². The number of carbonyl (C=O) groups excluding carboxylic acids is 1. The third-order valence-corrected chi connectivity index (χ3v) is 6.77. The molecule has 0 saturated carbocycles. The van der Waals surface area contributed by atoms with Crippen molar-refractivity contribution in [3.05, 3.63) is 101 Å². The van der Waals surface area contributed by atoms with Gasteiger partial charge in [0.2, 0.25) is 0 Å². The Labute approximate surface area is 209 Å². The summed E-state index contributed by atoms with van der Waals surface area (Å²) >= 11 is 6.21. The molecule has 6 nitrogen and oxygen atoms in total. The van der Waals surface area contributed by atoms with Gasteiger partial charge >= 0.3 is 0 Å². The second-order valence-electron chi connectivity index (χ2n) is 8.71. The minimum Gasteiger partial charge on any atom is -0.457 e. The van der Waals surface area contributed by atoms with E-state index >= 15 is 0 Å². The van der Waals surface area contributed by atoms with Crippen molar-refractivity contribution in [2.45, 2.75) is 6.04 Å². The Morgan fingerprint density at radius 3 is 2.34 bits per heavy atom. The van der Waals surface area contributed by atoms with E-state index in [1.807, 2.05) is 66.7 Å². The van der Waals surface area contributed by atoms with E-state index in [1.54, 1.807) is 12.1 Å². The van der Waals surface area contributed by atoms with Gasteiger partial charge in [0.15, 0.2) is 0 Å². The molecule has 1 saturated heterocycles. The van der Waals surface area contributed by atoms with Crippen LogP contribution < -0.4 is 5.32 Å². The van der Waals surface area contributed by atoms with E-state index in [0.29, 0.717) is 28.6 Å². The topological polar surface area (TPSA) is 69.0 Å². The molecule has 1 fully saturated rings. The zero-order chi connectivity index (χ0) is 24.2. The SMILES string of the molecule is O=C(Nc1c(C(c2ccc(Cl)cc2)N2CCN(CCO)CC2)oc2ccccc12)c1ccccc1. The number of anilines is 1. The van der Waals surface area contributed by atoms with Crippen LogP contribution >= 0.6 is 11.6 Å². The van der Waals surface area contributed by atoms with Crippen molar-refractivity contribution in [3.63, 3.8) is 0 Å². The molecule has 1 aliphatic rings. The molecule has 0 aliphatic carbocycles. The highest BCUT2D eigenvalue weighted by Crippen LogP contribution is 2.41. The summed E-state index contributed by atoms with van der Waals surface area (Å²) < 4.78 is 6.47. The molecule has 1 aromatic heterocycles. The lowest BCUT2D eigenvalue weighted by Crippen LogP contribution is -2.48. The van der Waals surface area contributed by atoms with Crippen molar-refractivity contribution in [3.8, 4) is 0 Å². The molecule has 5 rings (SSSR count).